The van der Waals surface area contributed by atoms with E-state index in [-0.39, 0.29) is 19.0 Å². The number of ether oxygens (including phenoxy) is 2. The lowest BCUT2D eigenvalue weighted by molar-refractivity contribution is -0.139. The first-order valence-corrected chi connectivity index (χ1v) is 7.65. The van der Waals surface area contributed by atoms with Gasteiger partial charge in [-0.3, -0.25) is 0 Å². The van der Waals surface area contributed by atoms with E-state index in [1.807, 2.05) is 24.3 Å². The van der Waals surface area contributed by atoms with Crippen molar-refractivity contribution < 1.29 is 19.4 Å². The van der Waals surface area contributed by atoms with Crippen LogP contribution in [0.3, 0.4) is 0 Å². The molecule has 0 saturated carbocycles. The third-order valence-corrected chi connectivity index (χ3v) is 3.38. The van der Waals surface area contributed by atoms with E-state index < -0.39 is 5.97 Å². The van der Waals surface area contributed by atoms with Crippen molar-refractivity contribution in [3.05, 3.63) is 54.6 Å². The number of esters is 1. The number of hydrogen-bond donors (Lipinski definition) is 1. The topological polar surface area (TPSA) is 86.5 Å². The maximum Gasteiger partial charge on any atom is 0.333 e. The number of carbonyl (C=O) groups is 1. The normalized spacial score (nSPS) is 10.6. The molecule has 0 amide bonds. The minimum Gasteiger partial charge on any atom is -0.505 e. The van der Waals surface area contributed by atoms with Gasteiger partial charge in [-0.05, 0) is 31.2 Å². The molecular formula is C18H17N3O4. The summed E-state index contributed by atoms with van der Waals surface area (Å²) in [4.78, 5) is 12.6. The van der Waals surface area contributed by atoms with E-state index in [1.54, 1.807) is 19.1 Å². The molecule has 3 aromatic rings. The van der Waals surface area contributed by atoms with Crippen molar-refractivity contribution in [2.24, 2.45) is 0 Å². The molecule has 0 bridgehead atoms. The molecule has 0 saturated heterocycles. The van der Waals surface area contributed by atoms with Crippen LogP contribution in [0.1, 0.15) is 6.92 Å². The summed E-state index contributed by atoms with van der Waals surface area (Å²) in [6, 6.07) is 12.2. The van der Waals surface area contributed by atoms with Crippen LogP contribution in [0.5, 0.6) is 11.5 Å². The lowest BCUT2D eigenvalue weighted by atomic mass is 10.3. The second kappa shape index (κ2) is 7.04. The molecule has 1 N–H and O–H groups in total. The Labute approximate surface area is 144 Å². The van der Waals surface area contributed by atoms with Gasteiger partial charge in [-0.1, -0.05) is 18.7 Å². The van der Waals surface area contributed by atoms with Gasteiger partial charge in [-0.25, -0.2) is 4.79 Å². The zero-order valence-electron chi connectivity index (χ0n) is 13.7. The van der Waals surface area contributed by atoms with Gasteiger partial charge in [-0.15, -0.1) is 15.0 Å². The van der Waals surface area contributed by atoms with Gasteiger partial charge in [0.25, 0.3) is 0 Å². The number of nitrogens with zero attached hydrogens (tertiary/aromatic N) is 3. The first-order chi connectivity index (χ1) is 12.0. The summed E-state index contributed by atoms with van der Waals surface area (Å²) in [7, 11) is 0. The number of carbonyl (C=O) groups excluding carboxylic acids is 1. The molecule has 7 heteroatoms. The fourth-order valence-electron chi connectivity index (χ4n) is 2.15. The van der Waals surface area contributed by atoms with Crippen LogP contribution in [-0.2, 0) is 9.53 Å². The van der Waals surface area contributed by atoms with E-state index in [0.717, 1.165) is 11.0 Å². The quantitative estimate of drug-likeness (QED) is 0.422. The second-order valence-electron chi connectivity index (χ2n) is 5.39. The number of fused-ring (bicyclic) bond motifs is 1. The molecule has 0 atom stereocenters. The van der Waals surface area contributed by atoms with E-state index >= 15 is 0 Å². The number of phenols is 1. The van der Waals surface area contributed by atoms with Crippen LogP contribution in [0.25, 0.3) is 16.7 Å². The van der Waals surface area contributed by atoms with Crippen molar-refractivity contribution in [3.63, 3.8) is 0 Å². The zero-order chi connectivity index (χ0) is 17.8. The summed E-state index contributed by atoms with van der Waals surface area (Å²) in [5.74, 6) is -0.0281. The van der Waals surface area contributed by atoms with Gasteiger partial charge in [0.15, 0.2) is 0 Å². The molecule has 0 radical (unpaired) electrons. The van der Waals surface area contributed by atoms with Crippen LogP contribution < -0.4 is 4.74 Å². The maximum atomic E-state index is 11.2. The van der Waals surface area contributed by atoms with Gasteiger partial charge < -0.3 is 14.6 Å². The third kappa shape index (κ3) is 3.77. The molecule has 2 aromatic carbocycles. The summed E-state index contributed by atoms with van der Waals surface area (Å²) >= 11 is 0. The van der Waals surface area contributed by atoms with E-state index in [2.05, 4.69) is 16.8 Å². The molecule has 1 heterocycles. The highest BCUT2D eigenvalue weighted by atomic mass is 16.6. The van der Waals surface area contributed by atoms with Gasteiger partial charge in [0, 0.05) is 11.6 Å². The van der Waals surface area contributed by atoms with E-state index in [1.165, 1.54) is 10.9 Å². The Morgan fingerprint density at radius 3 is 2.44 bits per heavy atom. The van der Waals surface area contributed by atoms with Crippen LogP contribution in [0.2, 0.25) is 0 Å². The molecule has 0 aliphatic heterocycles. The summed E-state index contributed by atoms with van der Waals surface area (Å²) in [5, 5.41) is 18.9. The van der Waals surface area contributed by atoms with Gasteiger partial charge in [0.1, 0.15) is 41.4 Å². The Morgan fingerprint density at radius 1 is 1.16 bits per heavy atom. The molecule has 0 aliphatic rings. The molecule has 0 unspecified atom stereocenters. The molecule has 1 aromatic heterocycles. The Morgan fingerprint density at radius 2 is 1.84 bits per heavy atom. The summed E-state index contributed by atoms with van der Waals surface area (Å²) < 4.78 is 10.4. The molecule has 0 fully saturated rings. The highest BCUT2D eigenvalue weighted by Gasteiger charge is 2.10. The van der Waals surface area contributed by atoms with E-state index in [4.69, 9.17) is 9.47 Å². The predicted octanol–water partition coefficient (Wildman–Crippen LogP) is 2.62. The van der Waals surface area contributed by atoms with E-state index in [9.17, 15) is 9.90 Å². The van der Waals surface area contributed by atoms with Crippen molar-refractivity contribution in [2.45, 2.75) is 6.92 Å². The van der Waals surface area contributed by atoms with Crippen LogP contribution in [0.4, 0.5) is 0 Å². The Kier molecular flexibility index (Phi) is 4.65. The average molecular weight is 339 g/mol. The lowest BCUT2D eigenvalue weighted by Gasteiger charge is -2.09. The van der Waals surface area contributed by atoms with Crippen molar-refractivity contribution >= 4 is 17.0 Å². The summed E-state index contributed by atoms with van der Waals surface area (Å²) in [6.45, 7) is 5.34. The maximum absolute atomic E-state index is 11.2. The van der Waals surface area contributed by atoms with Crippen molar-refractivity contribution in [3.8, 4) is 17.2 Å². The smallest absolute Gasteiger partial charge is 0.333 e. The number of rotatable bonds is 6. The first-order valence-electron chi connectivity index (χ1n) is 7.65. The van der Waals surface area contributed by atoms with Crippen LogP contribution in [0, 0.1) is 0 Å². The van der Waals surface area contributed by atoms with Crippen LogP contribution in [-0.4, -0.2) is 39.3 Å². The number of aromatic nitrogens is 3. The molecule has 7 nitrogen and oxygen atoms in total. The van der Waals surface area contributed by atoms with Crippen LogP contribution >= 0.6 is 0 Å². The standard InChI is InChI=1S/C18H17N3O4/c1-12(2)18(23)25-10-9-24-13-7-8-16(17(22)11-13)21-19-14-5-3-4-6-15(14)20-21/h3-8,11,22H,1,9-10H2,2H3. The first kappa shape index (κ1) is 16.5. The Balaban J connectivity index is 1.66. The number of benzene rings is 2. The lowest BCUT2D eigenvalue weighted by Crippen LogP contribution is -2.12. The molecule has 128 valence electrons. The fraction of sp³-hybridized carbons (Fsp3) is 0.167. The monoisotopic (exact) mass is 339 g/mol. The molecule has 0 spiro atoms. The number of hydrogen-bond acceptors (Lipinski definition) is 6. The van der Waals surface area contributed by atoms with Gasteiger partial charge in [-0.2, -0.15) is 0 Å². The Hall–Kier alpha value is -3.35. The highest BCUT2D eigenvalue weighted by Crippen LogP contribution is 2.26. The zero-order valence-corrected chi connectivity index (χ0v) is 13.7. The van der Waals surface area contributed by atoms with Crippen LogP contribution in [0.15, 0.2) is 54.6 Å². The Bertz CT molecular complexity index is 900. The second-order valence-corrected chi connectivity index (χ2v) is 5.39. The highest BCUT2D eigenvalue weighted by molar-refractivity contribution is 5.86. The number of phenolic OH excluding ortho intramolecular Hbond substituents is 1. The van der Waals surface area contributed by atoms with Crippen molar-refractivity contribution in [2.75, 3.05) is 13.2 Å². The third-order valence-electron chi connectivity index (χ3n) is 3.38. The van der Waals surface area contributed by atoms with E-state index in [0.29, 0.717) is 17.0 Å². The number of aromatic hydroxyl groups is 1. The fourth-order valence-corrected chi connectivity index (χ4v) is 2.15. The SMILES string of the molecule is C=C(C)C(=O)OCCOc1ccc(-n2nc3ccccc3n2)c(O)c1. The van der Waals surface area contributed by atoms with Gasteiger partial charge in [0.2, 0.25) is 0 Å². The minimum atomic E-state index is -0.460. The summed E-state index contributed by atoms with van der Waals surface area (Å²) in [5.41, 5.74) is 2.25. The average Bonchev–Trinajstić information content (AvgIpc) is 3.02. The summed E-state index contributed by atoms with van der Waals surface area (Å²) in [6.07, 6.45) is 0. The van der Waals surface area contributed by atoms with Crippen molar-refractivity contribution in [1.82, 2.24) is 15.0 Å². The molecule has 0 aliphatic carbocycles. The molecule has 25 heavy (non-hydrogen) atoms. The van der Waals surface area contributed by atoms with Gasteiger partial charge in [0.05, 0.1) is 0 Å². The molecular weight excluding hydrogens is 322 g/mol. The predicted molar refractivity (Wildman–Crippen MR) is 91.8 cm³/mol. The molecule has 3 rings (SSSR count). The van der Waals surface area contributed by atoms with Gasteiger partial charge >= 0.3 is 5.97 Å². The van der Waals surface area contributed by atoms with Crippen molar-refractivity contribution in [1.29, 1.82) is 0 Å². The largest absolute Gasteiger partial charge is 0.505 e. The minimum absolute atomic E-state index is 0.0169.